The van der Waals surface area contributed by atoms with Crippen molar-refractivity contribution in [1.82, 2.24) is 0 Å². The van der Waals surface area contributed by atoms with Gasteiger partial charge in [-0.15, -0.1) is 0 Å². The van der Waals surface area contributed by atoms with Crippen molar-refractivity contribution in [3.8, 4) is 57.5 Å². The van der Waals surface area contributed by atoms with Gasteiger partial charge in [-0.3, -0.25) is 9.59 Å². The van der Waals surface area contributed by atoms with Gasteiger partial charge in [-0.05, 0) is 48.5 Å². The van der Waals surface area contributed by atoms with Crippen LogP contribution in [-0.2, 0) is 0 Å². The number of anilines is 2. The van der Waals surface area contributed by atoms with E-state index < -0.39 is 0 Å². The van der Waals surface area contributed by atoms with Crippen LogP contribution in [0.5, 0.6) is 57.5 Å². The number of hydrogen-bond donors (Lipinski definition) is 2. The molecule has 2 amide bonds. The average molecular weight is 707 g/mol. The Labute approximate surface area is 296 Å². The van der Waals surface area contributed by atoms with Crippen LogP contribution in [0.1, 0.15) is 27.1 Å². The number of benzene rings is 4. The summed E-state index contributed by atoms with van der Waals surface area (Å²) in [5, 5.41) is 5.69. The molecular formula is C37H42N2O12. The number of rotatable bonds is 18. The molecule has 0 aliphatic rings. The van der Waals surface area contributed by atoms with Gasteiger partial charge in [0.05, 0.1) is 70.1 Å². The van der Waals surface area contributed by atoms with Crippen molar-refractivity contribution in [3.05, 3.63) is 71.8 Å². The van der Waals surface area contributed by atoms with Crippen LogP contribution in [-0.4, -0.2) is 81.9 Å². The summed E-state index contributed by atoms with van der Waals surface area (Å²) in [6.07, 6.45) is 0.533. The van der Waals surface area contributed by atoms with Crippen LogP contribution in [0, 0.1) is 0 Å². The average Bonchev–Trinajstić information content (AvgIpc) is 3.16. The van der Waals surface area contributed by atoms with Crippen LogP contribution < -0.4 is 58.0 Å². The Morgan fingerprint density at radius 1 is 0.431 bits per heavy atom. The molecule has 2 N–H and O–H groups in total. The minimum atomic E-state index is -0.383. The van der Waals surface area contributed by atoms with Gasteiger partial charge in [0.15, 0.2) is 46.0 Å². The maximum absolute atomic E-state index is 13.0. The first-order chi connectivity index (χ1) is 24.7. The monoisotopic (exact) mass is 706 g/mol. The standard InChI is InChI=1S/C37H42N2O12/c1-42-28-20-24(38-36(40)22-16-30(44-3)34(48-7)31(17-22)45-4)10-12-26(28)50-14-9-15-51-27-13-11-25(21-29(27)43-2)39-37(41)23-18-32(46-5)35(49-8)33(19-23)47-6/h10-13,16-21H,9,14-15H2,1-8H3,(H,38,40)(H,39,41). The Bertz CT molecular complexity index is 1650. The van der Waals surface area contributed by atoms with Gasteiger partial charge >= 0.3 is 0 Å². The van der Waals surface area contributed by atoms with Crippen molar-refractivity contribution in [2.45, 2.75) is 6.42 Å². The highest BCUT2D eigenvalue weighted by Crippen LogP contribution is 2.40. The van der Waals surface area contributed by atoms with Crippen molar-refractivity contribution in [2.75, 3.05) is 80.7 Å². The molecule has 0 aromatic heterocycles. The maximum Gasteiger partial charge on any atom is 0.255 e. The van der Waals surface area contributed by atoms with Crippen molar-refractivity contribution in [1.29, 1.82) is 0 Å². The van der Waals surface area contributed by atoms with Crippen LogP contribution in [0.2, 0.25) is 0 Å². The van der Waals surface area contributed by atoms with Gasteiger partial charge in [-0.1, -0.05) is 0 Å². The summed E-state index contributed by atoms with van der Waals surface area (Å²) in [5.74, 6) is 3.31. The molecule has 0 heterocycles. The molecule has 0 radical (unpaired) electrons. The number of carbonyl (C=O) groups is 2. The van der Waals surface area contributed by atoms with E-state index in [9.17, 15) is 9.59 Å². The lowest BCUT2D eigenvalue weighted by molar-refractivity contribution is 0.101. The molecule has 14 heteroatoms. The Hall–Kier alpha value is -6.18. The van der Waals surface area contributed by atoms with Crippen molar-refractivity contribution in [3.63, 3.8) is 0 Å². The first kappa shape index (κ1) is 37.6. The molecule has 4 aromatic carbocycles. The summed E-state index contributed by atoms with van der Waals surface area (Å²) >= 11 is 0. The van der Waals surface area contributed by atoms with E-state index in [-0.39, 0.29) is 11.8 Å². The molecule has 0 aliphatic carbocycles. The summed E-state index contributed by atoms with van der Waals surface area (Å²) in [6, 6.07) is 16.4. The van der Waals surface area contributed by atoms with E-state index in [4.69, 9.17) is 47.4 Å². The summed E-state index contributed by atoms with van der Waals surface area (Å²) in [6.45, 7) is 0.636. The summed E-state index contributed by atoms with van der Waals surface area (Å²) in [5.41, 5.74) is 1.62. The van der Waals surface area contributed by atoms with Gasteiger partial charge in [0.1, 0.15) is 0 Å². The molecule has 0 bridgehead atoms. The molecule has 0 saturated heterocycles. The highest BCUT2D eigenvalue weighted by Gasteiger charge is 2.19. The number of methoxy groups -OCH3 is 8. The number of carbonyl (C=O) groups excluding carboxylic acids is 2. The topological polar surface area (TPSA) is 150 Å². The lowest BCUT2D eigenvalue weighted by atomic mass is 10.1. The fraction of sp³-hybridized carbons (Fsp3) is 0.297. The molecular weight excluding hydrogens is 664 g/mol. The van der Waals surface area contributed by atoms with Crippen LogP contribution in [0.25, 0.3) is 0 Å². The highest BCUT2D eigenvalue weighted by atomic mass is 16.5. The van der Waals surface area contributed by atoms with Gasteiger partial charge in [-0.25, -0.2) is 0 Å². The fourth-order valence-corrected chi connectivity index (χ4v) is 4.98. The van der Waals surface area contributed by atoms with Gasteiger partial charge in [-0.2, -0.15) is 0 Å². The smallest absolute Gasteiger partial charge is 0.255 e. The van der Waals surface area contributed by atoms with Gasteiger partial charge in [0.25, 0.3) is 11.8 Å². The number of hydrogen-bond acceptors (Lipinski definition) is 12. The minimum Gasteiger partial charge on any atom is -0.493 e. The fourth-order valence-electron chi connectivity index (χ4n) is 4.98. The first-order valence-corrected chi connectivity index (χ1v) is 15.6. The summed E-state index contributed by atoms with van der Waals surface area (Å²) < 4.78 is 55.0. The van der Waals surface area contributed by atoms with E-state index in [1.807, 2.05) is 0 Å². The third-order valence-electron chi connectivity index (χ3n) is 7.50. The van der Waals surface area contributed by atoms with Gasteiger partial charge < -0.3 is 58.0 Å². The molecule has 51 heavy (non-hydrogen) atoms. The minimum absolute atomic E-state index is 0.315. The zero-order valence-electron chi connectivity index (χ0n) is 29.8. The predicted molar refractivity (Wildman–Crippen MR) is 190 cm³/mol. The van der Waals surface area contributed by atoms with Crippen LogP contribution in [0.15, 0.2) is 60.7 Å². The largest absolute Gasteiger partial charge is 0.493 e. The first-order valence-electron chi connectivity index (χ1n) is 15.6. The second-order valence-electron chi connectivity index (χ2n) is 10.5. The third-order valence-corrected chi connectivity index (χ3v) is 7.50. The van der Waals surface area contributed by atoms with E-state index in [2.05, 4.69) is 10.6 Å². The predicted octanol–water partition coefficient (Wildman–Crippen LogP) is 6.11. The zero-order valence-corrected chi connectivity index (χ0v) is 29.8. The molecule has 272 valence electrons. The molecule has 4 aromatic rings. The molecule has 0 atom stereocenters. The van der Waals surface area contributed by atoms with Crippen molar-refractivity contribution < 1.29 is 57.0 Å². The molecule has 0 spiro atoms. The Kier molecular flexibility index (Phi) is 13.3. The lowest BCUT2D eigenvalue weighted by Gasteiger charge is -2.16. The van der Waals surface area contributed by atoms with Gasteiger partial charge in [0.2, 0.25) is 11.5 Å². The van der Waals surface area contributed by atoms with Crippen LogP contribution in [0.3, 0.4) is 0 Å². The normalized spacial score (nSPS) is 10.4. The van der Waals surface area contributed by atoms with Crippen molar-refractivity contribution >= 4 is 23.2 Å². The Balaban J connectivity index is 1.32. The lowest BCUT2D eigenvalue weighted by Crippen LogP contribution is -2.13. The second-order valence-corrected chi connectivity index (χ2v) is 10.5. The molecule has 14 nitrogen and oxygen atoms in total. The van der Waals surface area contributed by atoms with Gasteiger partial charge in [0, 0.05) is 41.1 Å². The number of nitrogens with one attached hydrogen (secondary N) is 2. The van der Waals surface area contributed by atoms with Crippen LogP contribution in [0.4, 0.5) is 11.4 Å². The quantitative estimate of drug-likeness (QED) is 0.115. The van der Waals surface area contributed by atoms with Crippen LogP contribution >= 0.6 is 0 Å². The summed E-state index contributed by atoms with van der Waals surface area (Å²) in [7, 11) is 11.9. The van der Waals surface area contributed by atoms with E-state index in [1.54, 1.807) is 60.7 Å². The number of ether oxygens (including phenoxy) is 10. The Morgan fingerprint density at radius 3 is 1.06 bits per heavy atom. The zero-order chi connectivity index (χ0) is 36.9. The maximum atomic E-state index is 13.0. The molecule has 0 unspecified atom stereocenters. The molecule has 0 fully saturated rings. The van der Waals surface area contributed by atoms with E-state index in [0.717, 1.165) is 0 Å². The molecule has 4 rings (SSSR count). The second kappa shape index (κ2) is 18.0. The van der Waals surface area contributed by atoms with Crippen molar-refractivity contribution in [2.24, 2.45) is 0 Å². The SMILES string of the molecule is COc1cc(NC(=O)c2cc(OC)c(OC)c(OC)c2)ccc1OCCCOc1ccc(NC(=O)c2cc(OC)c(OC)c(OC)c2)cc1OC. The highest BCUT2D eigenvalue weighted by molar-refractivity contribution is 6.06. The van der Waals surface area contributed by atoms with E-state index in [0.29, 0.717) is 99.6 Å². The number of amides is 2. The van der Waals surface area contributed by atoms with E-state index in [1.165, 1.54) is 56.9 Å². The molecule has 0 aliphatic heterocycles. The Morgan fingerprint density at radius 2 is 0.765 bits per heavy atom. The van der Waals surface area contributed by atoms with E-state index >= 15 is 0 Å². The summed E-state index contributed by atoms with van der Waals surface area (Å²) in [4.78, 5) is 26.1. The molecule has 0 saturated carbocycles. The third kappa shape index (κ3) is 9.09.